The minimum absolute atomic E-state index is 0.0940. The van der Waals surface area contributed by atoms with Crippen molar-refractivity contribution in [1.29, 1.82) is 0 Å². The number of halogens is 2. The number of carbonyl (C=O) groups is 2. The second kappa shape index (κ2) is 12.5. The molecule has 11 heteroatoms. The van der Waals surface area contributed by atoms with Gasteiger partial charge in [0.05, 0.1) is 11.9 Å². The maximum Gasteiger partial charge on any atom is 0.250 e. The molecule has 0 bridgehead atoms. The van der Waals surface area contributed by atoms with Gasteiger partial charge in [0.1, 0.15) is 16.7 Å². The van der Waals surface area contributed by atoms with E-state index >= 15 is 0 Å². The standard InChI is InChI=1S/C24H31ClFN7O2/c1-4-22(35)32(3)21-14-17(6-7-20(21)26)29-24-28-15-19(25)23(30-24)27-10-5-11-33(16-34)18-8-12-31(2)13-9-18/h4,6-7,14-16,18H,1,5,8-13H2,2-3H3,(H2,27,28,29,30). The van der Waals surface area contributed by atoms with Gasteiger partial charge in [-0.15, -0.1) is 0 Å². The maximum absolute atomic E-state index is 14.2. The van der Waals surface area contributed by atoms with E-state index in [0.717, 1.165) is 49.7 Å². The van der Waals surface area contributed by atoms with Crippen LogP contribution in [0.2, 0.25) is 5.02 Å². The second-order valence-electron chi connectivity index (χ2n) is 8.44. The number of hydrogen-bond donors (Lipinski definition) is 2. The fraction of sp³-hybridized carbons (Fsp3) is 0.417. The molecule has 2 amide bonds. The zero-order chi connectivity index (χ0) is 25.4. The van der Waals surface area contributed by atoms with Crippen molar-refractivity contribution in [2.45, 2.75) is 25.3 Å². The lowest BCUT2D eigenvalue weighted by molar-refractivity contribution is -0.121. The van der Waals surface area contributed by atoms with E-state index in [9.17, 15) is 14.0 Å². The number of rotatable bonds is 11. The Morgan fingerprint density at radius 3 is 2.80 bits per heavy atom. The third-order valence-electron chi connectivity index (χ3n) is 5.99. The number of aromatic nitrogens is 2. The van der Waals surface area contributed by atoms with Crippen molar-refractivity contribution in [3.8, 4) is 0 Å². The SMILES string of the molecule is C=CC(=O)N(C)c1cc(Nc2ncc(Cl)c(NCCCN(C=O)C3CCN(C)CC3)n2)ccc1F. The summed E-state index contributed by atoms with van der Waals surface area (Å²) in [5, 5.41) is 6.55. The number of benzene rings is 1. The Hall–Kier alpha value is -3.24. The van der Waals surface area contributed by atoms with Gasteiger partial charge in [0, 0.05) is 31.9 Å². The summed E-state index contributed by atoms with van der Waals surface area (Å²) in [6, 6.07) is 4.54. The fourth-order valence-corrected chi connectivity index (χ4v) is 4.06. The summed E-state index contributed by atoms with van der Waals surface area (Å²) in [6.45, 7) is 6.64. The highest BCUT2D eigenvalue weighted by Gasteiger charge is 2.21. The van der Waals surface area contributed by atoms with Crippen LogP contribution in [-0.2, 0) is 9.59 Å². The minimum Gasteiger partial charge on any atom is -0.369 e. The van der Waals surface area contributed by atoms with E-state index in [1.54, 1.807) is 0 Å². The van der Waals surface area contributed by atoms with E-state index in [4.69, 9.17) is 11.6 Å². The van der Waals surface area contributed by atoms with Crippen LogP contribution in [0.25, 0.3) is 0 Å². The Bertz CT molecular complexity index is 1050. The molecule has 1 fully saturated rings. The number of nitrogens with one attached hydrogen (secondary N) is 2. The largest absolute Gasteiger partial charge is 0.369 e. The number of likely N-dealkylation sites (N-methyl/N-ethyl adjacent to an activating group) is 1. The maximum atomic E-state index is 14.2. The van der Waals surface area contributed by atoms with Gasteiger partial charge < -0.3 is 25.3 Å². The molecule has 1 aromatic heterocycles. The van der Waals surface area contributed by atoms with E-state index in [-0.39, 0.29) is 17.7 Å². The number of amides is 2. The summed E-state index contributed by atoms with van der Waals surface area (Å²) in [7, 11) is 3.56. The van der Waals surface area contributed by atoms with Crippen LogP contribution < -0.4 is 15.5 Å². The topological polar surface area (TPSA) is 93.7 Å². The van der Waals surface area contributed by atoms with Crippen molar-refractivity contribution in [2.24, 2.45) is 0 Å². The number of carbonyl (C=O) groups excluding carboxylic acids is 2. The third-order valence-corrected chi connectivity index (χ3v) is 6.27. The molecule has 2 aromatic rings. The molecular formula is C24H31ClFN7O2. The van der Waals surface area contributed by atoms with Gasteiger partial charge in [-0.2, -0.15) is 4.98 Å². The van der Waals surface area contributed by atoms with E-state index in [0.29, 0.717) is 29.6 Å². The number of piperidine rings is 1. The normalized spacial score (nSPS) is 14.3. The van der Waals surface area contributed by atoms with Crippen molar-refractivity contribution in [3.05, 3.63) is 47.9 Å². The number of likely N-dealkylation sites (tertiary alicyclic amines) is 1. The lowest BCUT2D eigenvalue weighted by Gasteiger charge is -2.35. The summed E-state index contributed by atoms with van der Waals surface area (Å²) in [4.78, 5) is 37.3. The van der Waals surface area contributed by atoms with Gasteiger partial charge in [-0.3, -0.25) is 9.59 Å². The van der Waals surface area contributed by atoms with E-state index < -0.39 is 11.7 Å². The predicted molar refractivity (Wildman–Crippen MR) is 137 cm³/mol. The molecule has 2 heterocycles. The third kappa shape index (κ3) is 7.12. The molecule has 1 saturated heterocycles. The van der Waals surface area contributed by atoms with Crippen LogP contribution in [0.1, 0.15) is 19.3 Å². The Kier molecular flexibility index (Phi) is 9.39. The van der Waals surface area contributed by atoms with Gasteiger partial charge >= 0.3 is 0 Å². The average molecular weight is 504 g/mol. The molecule has 9 nitrogen and oxygen atoms in total. The van der Waals surface area contributed by atoms with Crippen LogP contribution in [0, 0.1) is 5.82 Å². The molecule has 0 spiro atoms. The molecular weight excluding hydrogens is 473 g/mol. The summed E-state index contributed by atoms with van der Waals surface area (Å²) in [6.07, 6.45) is 6.22. The number of anilines is 4. The Labute approximate surface area is 210 Å². The molecule has 0 atom stereocenters. The van der Waals surface area contributed by atoms with Crippen LogP contribution in [0.3, 0.4) is 0 Å². The van der Waals surface area contributed by atoms with Crippen LogP contribution in [0.4, 0.5) is 27.5 Å². The molecule has 35 heavy (non-hydrogen) atoms. The first-order chi connectivity index (χ1) is 16.8. The van der Waals surface area contributed by atoms with Crippen LogP contribution in [0.15, 0.2) is 37.1 Å². The molecule has 1 aromatic carbocycles. The Morgan fingerprint density at radius 2 is 2.11 bits per heavy atom. The lowest BCUT2D eigenvalue weighted by Crippen LogP contribution is -2.43. The van der Waals surface area contributed by atoms with Crippen LogP contribution >= 0.6 is 11.6 Å². The first-order valence-corrected chi connectivity index (χ1v) is 11.8. The Morgan fingerprint density at radius 1 is 1.37 bits per heavy atom. The van der Waals surface area contributed by atoms with Crippen LogP contribution in [-0.4, -0.2) is 78.4 Å². The van der Waals surface area contributed by atoms with Crippen molar-refractivity contribution in [2.75, 3.05) is 55.8 Å². The van der Waals surface area contributed by atoms with E-state index in [2.05, 4.69) is 39.1 Å². The summed E-state index contributed by atoms with van der Waals surface area (Å²) in [5.74, 6) is -0.271. The van der Waals surface area contributed by atoms with E-state index in [1.165, 1.54) is 31.4 Å². The summed E-state index contributed by atoms with van der Waals surface area (Å²) < 4.78 is 14.2. The zero-order valence-corrected chi connectivity index (χ0v) is 20.8. The molecule has 188 valence electrons. The number of nitrogens with zero attached hydrogens (tertiary/aromatic N) is 5. The van der Waals surface area contributed by atoms with Crippen molar-refractivity contribution in [3.63, 3.8) is 0 Å². The van der Waals surface area contributed by atoms with Gasteiger partial charge in [-0.05, 0) is 63.7 Å². The van der Waals surface area contributed by atoms with Gasteiger partial charge in [0.25, 0.3) is 0 Å². The Balaban J connectivity index is 1.58. The lowest BCUT2D eigenvalue weighted by atomic mass is 10.0. The van der Waals surface area contributed by atoms with Gasteiger partial charge in [-0.1, -0.05) is 18.2 Å². The second-order valence-corrected chi connectivity index (χ2v) is 8.85. The molecule has 2 N–H and O–H groups in total. The molecule has 0 aliphatic carbocycles. The average Bonchev–Trinajstić information content (AvgIpc) is 2.86. The molecule has 0 radical (unpaired) electrons. The highest BCUT2D eigenvalue weighted by molar-refractivity contribution is 6.32. The van der Waals surface area contributed by atoms with Crippen molar-refractivity contribution < 1.29 is 14.0 Å². The predicted octanol–water partition coefficient (Wildman–Crippen LogP) is 3.52. The van der Waals surface area contributed by atoms with Crippen LogP contribution in [0.5, 0.6) is 0 Å². The number of hydrogen-bond acceptors (Lipinski definition) is 7. The highest BCUT2D eigenvalue weighted by Crippen LogP contribution is 2.26. The summed E-state index contributed by atoms with van der Waals surface area (Å²) >= 11 is 6.25. The highest BCUT2D eigenvalue weighted by atomic mass is 35.5. The van der Waals surface area contributed by atoms with Crippen molar-refractivity contribution in [1.82, 2.24) is 19.8 Å². The molecule has 0 saturated carbocycles. The minimum atomic E-state index is -0.544. The van der Waals surface area contributed by atoms with Gasteiger partial charge in [-0.25, -0.2) is 9.37 Å². The van der Waals surface area contributed by atoms with E-state index in [1.807, 2.05) is 4.90 Å². The molecule has 3 rings (SSSR count). The molecule has 0 unspecified atom stereocenters. The molecule has 1 aliphatic heterocycles. The van der Waals surface area contributed by atoms with Crippen molar-refractivity contribution >= 4 is 47.1 Å². The zero-order valence-electron chi connectivity index (χ0n) is 20.0. The smallest absolute Gasteiger partial charge is 0.250 e. The monoisotopic (exact) mass is 503 g/mol. The quantitative estimate of drug-likeness (QED) is 0.275. The van der Waals surface area contributed by atoms with Gasteiger partial charge in [0.2, 0.25) is 18.3 Å². The summed E-state index contributed by atoms with van der Waals surface area (Å²) in [5.41, 5.74) is 0.592. The fourth-order valence-electron chi connectivity index (χ4n) is 3.90. The molecule has 1 aliphatic rings. The van der Waals surface area contributed by atoms with Gasteiger partial charge in [0.15, 0.2) is 0 Å². The first-order valence-electron chi connectivity index (χ1n) is 11.4. The first kappa shape index (κ1) is 26.4.